The molecule has 0 aliphatic heterocycles. The lowest BCUT2D eigenvalue weighted by atomic mass is 10.1. The molecule has 2 aromatic heterocycles. The third kappa shape index (κ3) is 4.83. The zero-order valence-electron chi connectivity index (χ0n) is 14.3. The van der Waals surface area contributed by atoms with Gasteiger partial charge in [0.05, 0.1) is 26.3 Å². The minimum atomic E-state index is -0.0713. The van der Waals surface area contributed by atoms with E-state index in [2.05, 4.69) is 15.5 Å². The first kappa shape index (κ1) is 17.5. The zero-order valence-corrected chi connectivity index (χ0v) is 14.3. The van der Waals surface area contributed by atoms with Crippen LogP contribution in [0.4, 0.5) is 0 Å². The average Bonchev–Trinajstić information content (AvgIpc) is 3.21. The van der Waals surface area contributed by atoms with E-state index in [-0.39, 0.29) is 5.91 Å². The summed E-state index contributed by atoms with van der Waals surface area (Å²) >= 11 is 0. The van der Waals surface area contributed by atoms with Crippen molar-refractivity contribution >= 4 is 5.91 Å². The van der Waals surface area contributed by atoms with Gasteiger partial charge in [-0.05, 0) is 35.9 Å². The Morgan fingerprint density at radius 3 is 2.62 bits per heavy atom. The molecule has 0 saturated carbocycles. The molecule has 1 amide bonds. The van der Waals surface area contributed by atoms with E-state index in [4.69, 9.17) is 13.9 Å². The molecule has 0 atom stereocenters. The number of nitrogens with one attached hydrogen (secondary N) is 1. The van der Waals surface area contributed by atoms with Crippen LogP contribution in [-0.2, 0) is 11.2 Å². The second kappa shape index (κ2) is 8.66. The first-order chi connectivity index (χ1) is 12.7. The predicted molar refractivity (Wildman–Crippen MR) is 94.9 cm³/mol. The highest BCUT2D eigenvalue weighted by Crippen LogP contribution is 2.17. The molecule has 134 valence electrons. The van der Waals surface area contributed by atoms with Crippen molar-refractivity contribution < 1.29 is 18.7 Å². The van der Waals surface area contributed by atoms with Gasteiger partial charge in [0.2, 0.25) is 11.8 Å². The van der Waals surface area contributed by atoms with Gasteiger partial charge in [-0.3, -0.25) is 4.79 Å². The van der Waals surface area contributed by atoms with Crippen LogP contribution in [0.15, 0.2) is 59.2 Å². The second-order valence-electron chi connectivity index (χ2n) is 5.46. The van der Waals surface area contributed by atoms with E-state index < -0.39 is 0 Å². The Bertz CT molecular complexity index is 815. The highest BCUT2D eigenvalue weighted by molar-refractivity contribution is 5.78. The number of aromatic nitrogens is 2. The molecule has 0 spiro atoms. The van der Waals surface area contributed by atoms with Crippen molar-refractivity contribution in [3.8, 4) is 23.1 Å². The lowest BCUT2D eigenvalue weighted by Crippen LogP contribution is -2.29. The number of ether oxygens (including phenoxy) is 2. The lowest BCUT2D eigenvalue weighted by molar-refractivity contribution is -0.120. The quantitative estimate of drug-likeness (QED) is 0.626. The summed E-state index contributed by atoms with van der Waals surface area (Å²) in [6.45, 7) is 0.694. The molecule has 7 heteroatoms. The minimum Gasteiger partial charge on any atom is -0.497 e. The molecular formula is C19H19N3O4. The molecule has 0 aliphatic carbocycles. The summed E-state index contributed by atoms with van der Waals surface area (Å²) in [6, 6.07) is 14.5. The Morgan fingerprint density at radius 2 is 1.96 bits per heavy atom. The summed E-state index contributed by atoms with van der Waals surface area (Å²) in [4.78, 5) is 11.9. The molecule has 26 heavy (non-hydrogen) atoms. The summed E-state index contributed by atoms with van der Waals surface area (Å²) in [7, 11) is 1.61. The van der Waals surface area contributed by atoms with Crippen LogP contribution < -0.4 is 14.8 Å². The number of hydrogen-bond acceptors (Lipinski definition) is 6. The van der Waals surface area contributed by atoms with Crippen molar-refractivity contribution in [3.63, 3.8) is 0 Å². The standard InChI is InChI=1S/C19H19N3O4/c1-24-15-6-4-14(5-7-15)13-18(23)20-10-12-26-19-9-8-16(21-22-19)17-3-2-11-25-17/h2-9,11H,10,12-13H2,1H3,(H,20,23). The number of nitrogens with zero attached hydrogens (tertiary/aromatic N) is 2. The third-order valence-corrected chi connectivity index (χ3v) is 3.61. The van der Waals surface area contributed by atoms with Crippen LogP contribution in [0.5, 0.6) is 11.6 Å². The third-order valence-electron chi connectivity index (χ3n) is 3.61. The maximum absolute atomic E-state index is 11.9. The largest absolute Gasteiger partial charge is 0.497 e. The van der Waals surface area contributed by atoms with Gasteiger partial charge in [0, 0.05) is 6.07 Å². The molecule has 2 heterocycles. The summed E-state index contributed by atoms with van der Waals surface area (Å²) in [5, 5.41) is 10.8. The van der Waals surface area contributed by atoms with Crippen LogP contribution in [-0.4, -0.2) is 36.4 Å². The van der Waals surface area contributed by atoms with E-state index in [1.807, 2.05) is 30.3 Å². The van der Waals surface area contributed by atoms with Gasteiger partial charge in [-0.25, -0.2) is 0 Å². The van der Waals surface area contributed by atoms with E-state index >= 15 is 0 Å². The van der Waals surface area contributed by atoms with E-state index in [0.717, 1.165) is 11.3 Å². The van der Waals surface area contributed by atoms with Gasteiger partial charge in [-0.15, -0.1) is 10.2 Å². The number of amides is 1. The number of carbonyl (C=O) groups excluding carboxylic acids is 1. The Labute approximate surface area is 151 Å². The van der Waals surface area contributed by atoms with Crippen molar-refractivity contribution in [1.82, 2.24) is 15.5 Å². The fraction of sp³-hybridized carbons (Fsp3) is 0.211. The smallest absolute Gasteiger partial charge is 0.233 e. The molecule has 1 aromatic carbocycles. The second-order valence-corrected chi connectivity index (χ2v) is 5.46. The molecule has 3 aromatic rings. The van der Waals surface area contributed by atoms with Crippen LogP contribution in [0.3, 0.4) is 0 Å². The molecule has 0 radical (unpaired) electrons. The van der Waals surface area contributed by atoms with Crippen LogP contribution in [0.1, 0.15) is 5.56 Å². The number of carbonyl (C=O) groups is 1. The molecule has 0 aliphatic rings. The van der Waals surface area contributed by atoms with Crippen molar-refractivity contribution in [2.24, 2.45) is 0 Å². The van der Waals surface area contributed by atoms with Crippen LogP contribution in [0.2, 0.25) is 0 Å². The number of rotatable bonds is 8. The Hall–Kier alpha value is -3.35. The van der Waals surface area contributed by atoms with Crippen molar-refractivity contribution in [2.75, 3.05) is 20.3 Å². The fourth-order valence-electron chi connectivity index (χ4n) is 2.29. The summed E-state index contributed by atoms with van der Waals surface area (Å²) < 4.78 is 15.8. The van der Waals surface area contributed by atoms with Gasteiger partial charge in [0.1, 0.15) is 18.1 Å². The van der Waals surface area contributed by atoms with Crippen LogP contribution in [0.25, 0.3) is 11.5 Å². The van der Waals surface area contributed by atoms with Gasteiger partial charge in [-0.2, -0.15) is 0 Å². The van der Waals surface area contributed by atoms with Crippen LogP contribution in [0, 0.1) is 0 Å². The molecular weight excluding hydrogens is 334 g/mol. The predicted octanol–water partition coefficient (Wildman–Crippen LogP) is 2.48. The van der Waals surface area contributed by atoms with Crippen LogP contribution >= 0.6 is 0 Å². The monoisotopic (exact) mass is 353 g/mol. The van der Waals surface area contributed by atoms with E-state index in [9.17, 15) is 4.79 Å². The molecule has 0 bridgehead atoms. The highest BCUT2D eigenvalue weighted by Gasteiger charge is 2.05. The molecule has 0 unspecified atom stereocenters. The first-order valence-electron chi connectivity index (χ1n) is 8.14. The van der Waals surface area contributed by atoms with Crippen molar-refractivity contribution in [3.05, 3.63) is 60.4 Å². The maximum atomic E-state index is 11.9. The maximum Gasteiger partial charge on any atom is 0.233 e. The Morgan fingerprint density at radius 1 is 1.12 bits per heavy atom. The Balaban J connectivity index is 1.38. The number of hydrogen-bond donors (Lipinski definition) is 1. The SMILES string of the molecule is COc1ccc(CC(=O)NCCOc2ccc(-c3ccco3)nn2)cc1. The van der Waals surface area contributed by atoms with Crippen molar-refractivity contribution in [1.29, 1.82) is 0 Å². The number of methoxy groups -OCH3 is 1. The molecule has 0 fully saturated rings. The first-order valence-corrected chi connectivity index (χ1v) is 8.14. The van der Waals surface area contributed by atoms with Gasteiger partial charge < -0.3 is 19.2 Å². The van der Waals surface area contributed by atoms with Crippen molar-refractivity contribution in [2.45, 2.75) is 6.42 Å². The summed E-state index contributed by atoms with van der Waals surface area (Å²) in [5.74, 6) is 1.74. The summed E-state index contributed by atoms with van der Waals surface area (Å²) in [5.41, 5.74) is 1.55. The Kier molecular flexibility index (Phi) is 5.82. The van der Waals surface area contributed by atoms with Gasteiger partial charge in [0.25, 0.3) is 0 Å². The van der Waals surface area contributed by atoms with Gasteiger partial charge >= 0.3 is 0 Å². The summed E-state index contributed by atoms with van der Waals surface area (Å²) in [6.07, 6.45) is 1.89. The topological polar surface area (TPSA) is 86.5 Å². The highest BCUT2D eigenvalue weighted by atomic mass is 16.5. The molecule has 3 rings (SSSR count). The molecule has 0 saturated heterocycles. The number of benzene rings is 1. The zero-order chi connectivity index (χ0) is 18.2. The average molecular weight is 353 g/mol. The molecule has 1 N–H and O–H groups in total. The van der Waals surface area contributed by atoms with E-state index in [0.29, 0.717) is 36.9 Å². The minimum absolute atomic E-state index is 0.0713. The normalized spacial score (nSPS) is 10.3. The van der Waals surface area contributed by atoms with Gasteiger partial charge in [-0.1, -0.05) is 12.1 Å². The fourth-order valence-corrected chi connectivity index (χ4v) is 2.29. The van der Waals surface area contributed by atoms with E-state index in [1.54, 1.807) is 31.6 Å². The number of furan rings is 1. The van der Waals surface area contributed by atoms with Gasteiger partial charge in [0.15, 0.2) is 5.76 Å². The lowest BCUT2D eigenvalue weighted by Gasteiger charge is -2.07. The molecule has 7 nitrogen and oxygen atoms in total. The van der Waals surface area contributed by atoms with E-state index in [1.165, 1.54) is 0 Å².